The van der Waals surface area contributed by atoms with Crippen LogP contribution in [-0.2, 0) is 9.53 Å². The minimum atomic E-state index is -0.573. The molecule has 3 amide bonds. The Morgan fingerprint density at radius 3 is 2.39 bits per heavy atom. The van der Waals surface area contributed by atoms with Crippen molar-refractivity contribution in [1.82, 2.24) is 25.3 Å². The van der Waals surface area contributed by atoms with Crippen molar-refractivity contribution in [3.05, 3.63) is 35.7 Å². The van der Waals surface area contributed by atoms with Gasteiger partial charge in [-0.05, 0) is 77.6 Å². The first-order valence-electron chi connectivity index (χ1n) is 12.6. The summed E-state index contributed by atoms with van der Waals surface area (Å²) in [4.78, 5) is 46.2. The van der Waals surface area contributed by atoms with E-state index < -0.39 is 5.60 Å². The normalized spacial score (nSPS) is 20.7. The third kappa shape index (κ3) is 6.41. The molecular formula is C26H35N5O5. The average molecular weight is 498 g/mol. The third-order valence-corrected chi connectivity index (χ3v) is 6.41. The number of benzene rings is 1. The Morgan fingerprint density at radius 1 is 1.03 bits per heavy atom. The number of nitrogens with one attached hydrogen (secondary N) is 1. The smallest absolute Gasteiger partial charge is 0.410 e. The van der Waals surface area contributed by atoms with Crippen molar-refractivity contribution < 1.29 is 23.6 Å². The number of aryl methyl sites for hydroxylation is 1. The lowest BCUT2D eigenvalue weighted by Crippen LogP contribution is -2.53. The molecule has 2 saturated heterocycles. The summed E-state index contributed by atoms with van der Waals surface area (Å²) in [5.74, 6) is 0.550. The lowest BCUT2D eigenvalue weighted by atomic mass is 9.96. The number of aromatic nitrogens is 2. The fraction of sp³-hybridized carbons (Fsp3) is 0.577. The molecule has 2 atom stereocenters. The Kier molecular flexibility index (Phi) is 7.61. The maximum atomic E-state index is 13.1. The van der Waals surface area contributed by atoms with Crippen molar-refractivity contribution in [1.29, 1.82) is 0 Å². The third-order valence-electron chi connectivity index (χ3n) is 6.41. The first-order chi connectivity index (χ1) is 17.1. The standard InChI is InChI=1S/C26H35N5O5/c1-17-27-23(36-29-17)18-9-11-19(12-10-18)24(33)30-13-6-8-21(16-30)28-22(32)20-7-5-14-31(15-20)25(34)35-26(2,3)4/h9-12,20-21H,5-8,13-16H2,1-4H3,(H,28,32)/t20-,21+/m0/s1. The Hall–Kier alpha value is -3.43. The van der Waals surface area contributed by atoms with Crippen molar-refractivity contribution in [2.45, 2.75) is 65.0 Å². The number of amides is 3. The van der Waals surface area contributed by atoms with Crippen molar-refractivity contribution in [3.8, 4) is 11.5 Å². The minimum Gasteiger partial charge on any atom is -0.444 e. The van der Waals surface area contributed by atoms with Gasteiger partial charge >= 0.3 is 6.09 Å². The van der Waals surface area contributed by atoms with Crippen LogP contribution in [0.2, 0.25) is 0 Å². The van der Waals surface area contributed by atoms with Crippen molar-refractivity contribution in [3.63, 3.8) is 0 Å². The van der Waals surface area contributed by atoms with Gasteiger partial charge in [-0.3, -0.25) is 9.59 Å². The van der Waals surface area contributed by atoms with E-state index in [4.69, 9.17) is 9.26 Å². The molecular weight excluding hydrogens is 462 g/mol. The molecule has 1 N–H and O–H groups in total. The van der Waals surface area contributed by atoms with Gasteiger partial charge in [0.15, 0.2) is 5.82 Å². The fourth-order valence-corrected chi connectivity index (χ4v) is 4.63. The first kappa shape index (κ1) is 25.7. The number of hydrogen-bond acceptors (Lipinski definition) is 7. The van der Waals surface area contributed by atoms with Crippen LogP contribution in [0.5, 0.6) is 0 Å². The molecule has 0 spiro atoms. The first-order valence-corrected chi connectivity index (χ1v) is 12.6. The molecule has 2 aliphatic heterocycles. The minimum absolute atomic E-state index is 0.0678. The SMILES string of the molecule is Cc1noc(-c2ccc(C(=O)N3CCC[C@@H](NC(=O)[C@H]4CCCN(C(=O)OC(C)(C)C)C4)C3)cc2)n1. The van der Waals surface area contributed by atoms with Crippen LogP contribution in [0.1, 0.15) is 62.6 Å². The molecule has 1 aromatic heterocycles. The molecule has 0 radical (unpaired) electrons. The van der Waals surface area contributed by atoms with E-state index in [0.29, 0.717) is 43.5 Å². The summed E-state index contributed by atoms with van der Waals surface area (Å²) in [5.41, 5.74) is 0.752. The number of piperidine rings is 2. The maximum Gasteiger partial charge on any atom is 0.410 e. The van der Waals surface area contributed by atoms with E-state index in [1.807, 2.05) is 20.8 Å². The molecule has 0 aliphatic carbocycles. The van der Waals surface area contributed by atoms with Gasteiger partial charge in [0.2, 0.25) is 5.91 Å². The Bertz CT molecular complexity index is 1090. The summed E-state index contributed by atoms with van der Waals surface area (Å²) in [7, 11) is 0. The second-order valence-corrected chi connectivity index (χ2v) is 10.6. The predicted octanol–water partition coefficient (Wildman–Crippen LogP) is 3.41. The highest BCUT2D eigenvalue weighted by molar-refractivity contribution is 5.94. The zero-order valence-corrected chi connectivity index (χ0v) is 21.5. The van der Waals surface area contributed by atoms with Crippen LogP contribution in [0.15, 0.2) is 28.8 Å². The molecule has 0 bridgehead atoms. The number of ether oxygens (including phenoxy) is 1. The van der Waals surface area contributed by atoms with Gasteiger partial charge in [-0.1, -0.05) is 5.16 Å². The number of carbonyl (C=O) groups is 3. The summed E-state index contributed by atoms with van der Waals surface area (Å²) in [5, 5.41) is 6.92. The molecule has 0 unspecified atom stereocenters. The van der Waals surface area contributed by atoms with Gasteiger partial charge < -0.3 is 24.4 Å². The molecule has 2 aromatic rings. The Balaban J connectivity index is 1.31. The molecule has 2 fully saturated rings. The van der Waals surface area contributed by atoms with Crippen LogP contribution in [0.4, 0.5) is 4.79 Å². The van der Waals surface area contributed by atoms with Crippen LogP contribution in [0.3, 0.4) is 0 Å². The number of rotatable bonds is 4. The summed E-state index contributed by atoms with van der Waals surface area (Å²) >= 11 is 0. The van der Waals surface area contributed by atoms with Crippen molar-refractivity contribution >= 4 is 17.9 Å². The van der Waals surface area contributed by atoms with Gasteiger partial charge in [-0.2, -0.15) is 4.98 Å². The second kappa shape index (κ2) is 10.7. The zero-order chi connectivity index (χ0) is 25.9. The zero-order valence-electron chi connectivity index (χ0n) is 21.5. The number of likely N-dealkylation sites (tertiary alicyclic amines) is 2. The number of hydrogen-bond donors (Lipinski definition) is 1. The average Bonchev–Trinajstić information content (AvgIpc) is 3.29. The van der Waals surface area contributed by atoms with Gasteiger partial charge in [0.05, 0.1) is 5.92 Å². The summed E-state index contributed by atoms with van der Waals surface area (Å²) in [6, 6.07) is 6.98. The summed E-state index contributed by atoms with van der Waals surface area (Å²) < 4.78 is 10.7. The van der Waals surface area contributed by atoms with Gasteiger partial charge in [0.1, 0.15) is 5.60 Å². The maximum absolute atomic E-state index is 13.1. The Labute approximate surface area is 211 Å². The van der Waals surface area contributed by atoms with Gasteiger partial charge in [-0.15, -0.1) is 0 Å². The van der Waals surface area contributed by atoms with E-state index in [1.165, 1.54) is 0 Å². The molecule has 194 valence electrons. The number of nitrogens with zero attached hydrogens (tertiary/aromatic N) is 4. The van der Waals surface area contributed by atoms with Crippen LogP contribution in [0.25, 0.3) is 11.5 Å². The van der Waals surface area contributed by atoms with Gasteiger partial charge in [0, 0.05) is 43.3 Å². The topological polar surface area (TPSA) is 118 Å². The highest BCUT2D eigenvalue weighted by Gasteiger charge is 2.33. The van der Waals surface area contributed by atoms with Gasteiger partial charge in [0.25, 0.3) is 11.8 Å². The lowest BCUT2D eigenvalue weighted by molar-refractivity contribution is -0.127. The van der Waals surface area contributed by atoms with E-state index in [9.17, 15) is 14.4 Å². The van der Waals surface area contributed by atoms with Crippen LogP contribution >= 0.6 is 0 Å². The van der Waals surface area contributed by atoms with Crippen molar-refractivity contribution in [2.24, 2.45) is 5.92 Å². The van der Waals surface area contributed by atoms with Crippen LogP contribution < -0.4 is 5.32 Å². The summed E-state index contributed by atoms with van der Waals surface area (Å²) in [6.45, 7) is 9.29. The molecule has 4 rings (SSSR count). The quantitative estimate of drug-likeness (QED) is 0.688. The monoisotopic (exact) mass is 497 g/mol. The van der Waals surface area contributed by atoms with E-state index in [-0.39, 0.29) is 29.9 Å². The fourth-order valence-electron chi connectivity index (χ4n) is 4.63. The Morgan fingerprint density at radius 2 is 1.72 bits per heavy atom. The van der Waals surface area contributed by atoms with E-state index in [0.717, 1.165) is 31.2 Å². The van der Waals surface area contributed by atoms with E-state index >= 15 is 0 Å². The lowest BCUT2D eigenvalue weighted by Gasteiger charge is -2.36. The molecule has 0 saturated carbocycles. The molecule has 10 nitrogen and oxygen atoms in total. The largest absolute Gasteiger partial charge is 0.444 e. The van der Waals surface area contributed by atoms with Gasteiger partial charge in [-0.25, -0.2) is 4.79 Å². The van der Waals surface area contributed by atoms with E-state index in [2.05, 4.69) is 15.5 Å². The molecule has 10 heteroatoms. The van der Waals surface area contributed by atoms with Crippen molar-refractivity contribution in [2.75, 3.05) is 26.2 Å². The molecule has 3 heterocycles. The molecule has 36 heavy (non-hydrogen) atoms. The predicted molar refractivity (Wildman–Crippen MR) is 132 cm³/mol. The highest BCUT2D eigenvalue weighted by Crippen LogP contribution is 2.22. The van der Waals surface area contributed by atoms with Crippen LogP contribution in [0, 0.1) is 12.8 Å². The second-order valence-electron chi connectivity index (χ2n) is 10.6. The highest BCUT2D eigenvalue weighted by atomic mass is 16.6. The summed E-state index contributed by atoms with van der Waals surface area (Å²) in [6.07, 6.45) is 2.73. The molecule has 1 aromatic carbocycles. The van der Waals surface area contributed by atoms with Crippen LogP contribution in [-0.4, -0.2) is 75.7 Å². The molecule has 2 aliphatic rings. The van der Waals surface area contributed by atoms with E-state index in [1.54, 1.807) is 41.0 Å². The number of carbonyl (C=O) groups excluding carboxylic acids is 3.